The molecule has 1 atom stereocenters. The predicted molar refractivity (Wildman–Crippen MR) is 67.4 cm³/mol. The van der Waals surface area contributed by atoms with Gasteiger partial charge in [0.05, 0.1) is 5.71 Å². The summed E-state index contributed by atoms with van der Waals surface area (Å²) >= 11 is 0. The van der Waals surface area contributed by atoms with Gasteiger partial charge >= 0.3 is 6.36 Å². The van der Waals surface area contributed by atoms with Crippen LogP contribution in [0, 0.1) is 0 Å². The summed E-state index contributed by atoms with van der Waals surface area (Å²) in [5.41, 5.74) is 1.65. The van der Waals surface area contributed by atoms with Crippen LogP contribution in [0.1, 0.15) is 18.9 Å². The normalized spacial score (nSPS) is 18.6. The minimum Gasteiger partial charge on any atom is -0.406 e. The zero-order chi connectivity index (χ0) is 14.6. The fourth-order valence-corrected chi connectivity index (χ4v) is 1.91. The third-order valence-electron chi connectivity index (χ3n) is 2.71. The van der Waals surface area contributed by atoms with E-state index >= 15 is 0 Å². The molecule has 7 heteroatoms. The molecule has 0 amide bonds. The Labute approximate surface area is 114 Å². The van der Waals surface area contributed by atoms with Gasteiger partial charge in [0.15, 0.2) is 0 Å². The Morgan fingerprint density at radius 1 is 1.45 bits per heavy atom. The van der Waals surface area contributed by atoms with E-state index in [0.717, 1.165) is 12.1 Å². The highest BCUT2D eigenvalue weighted by Gasteiger charge is 2.31. The van der Waals surface area contributed by atoms with Gasteiger partial charge in [-0.3, -0.25) is 0 Å². The molecule has 0 aliphatic carbocycles. The Kier molecular flexibility index (Phi) is 4.49. The van der Waals surface area contributed by atoms with Crippen molar-refractivity contribution >= 4 is 5.71 Å². The van der Waals surface area contributed by atoms with Crippen molar-refractivity contribution in [3.63, 3.8) is 0 Å². The first-order valence-corrected chi connectivity index (χ1v) is 6.17. The Morgan fingerprint density at radius 2 is 2.25 bits per heavy atom. The van der Waals surface area contributed by atoms with E-state index in [4.69, 9.17) is 4.84 Å². The first kappa shape index (κ1) is 14.6. The van der Waals surface area contributed by atoms with Crippen LogP contribution in [-0.4, -0.2) is 24.7 Å². The molecule has 4 nitrogen and oxygen atoms in total. The Bertz CT molecular complexity index is 489. The van der Waals surface area contributed by atoms with E-state index in [1.54, 1.807) is 6.07 Å². The van der Waals surface area contributed by atoms with Crippen molar-refractivity contribution in [1.29, 1.82) is 0 Å². The average Bonchev–Trinajstić information content (AvgIpc) is 2.73. The number of alkyl halides is 3. The first-order valence-electron chi connectivity index (χ1n) is 6.17. The van der Waals surface area contributed by atoms with Crippen LogP contribution in [0.15, 0.2) is 29.4 Å². The van der Waals surface area contributed by atoms with Gasteiger partial charge in [-0.05, 0) is 24.6 Å². The lowest BCUT2D eigenvalue weighted by molar-refractivity contribution is -0.274. The SMILES string of the molecule is CC1=NOC(CNCc2cccc(OC(F)(F)F)c2)C1. The highest BCUT2D eigenvalue weighted by molar-refractivity contribution is 5.82. The maximum Gasteiger partial charge on any atom is 0.573 e. The van der Waals surface area contributed by atoms with E-state index in [-0.39, 0.29) is 11.9 Å². The highest BCUT2D eigenvalue weighted by atomic mass is 19.4. The molecule has 0 saturated carbocycles. The summed E-state index contributed by atoms with van der Waals surface area (Å²) in [6.07, 6.45) is -3.91. The quantitative estimate of drug-likeness (QED) is 0.906. The topological polar surface area (TPSA) is 42.8 Å². The van der Waals surface area contributed by atoms with Gasteiger partial charge in [0.25, 0.3) is 0 Å². The molecule has 20 heavy (non-hydrogen) atoms. The van der Waals surface area contributed by atoms with Gasteiger partial charge in [-0.15, -0.1) is 13.2 Å². The number of nitrogens with one attached hydrogen (secondary N) is 1. The van der Waals surface area contributed by atoms with E-state index in [1.807, 2.05) is 6.92 Å². The average molecular weight is 288 g/mol. The number of halogens is 3. The van der Waals surface area contributed by atoms with Gasteiger partial charge in [-0.2, -0.15) is 0 Å². The zero-order valence-corrected chi connectivity index (χ0v) is 10.9. The highest BCUT2D eigenvalue weighted by Crippen LogP contribution is 2.23. The number of nitrogens with zero attached hydrogens (tertiary/aromatic N) is 1. The molecule has 110 valence electrons. The zero-order valence-electron chi connectivity index (χ0n) is 10.9. The molecule has 1 N–H and O–H groups in total. The molecule has 1 heterocycles. The Morgan fingerprint density at radius 3 is 2.90 bits per heavy atom. The first-order chi connectivity index (χ1) is 9.42. The van der Waals surface area contributed by atoms with Crippen LogP contribution in [0.2, 0.25) is 0 Å². The summed E-state index contributed by atoms with van der Waals surface area (Å²) in [7, 11) is 0. The molecule has 0 fully saturated rings. The number of ether oxygens (including phenoxy) is 1. The van der Waals surface area contributed by atoms with Gasteiger partial charge in [0.2, 0.25) is 0 Å². The predicted octanol–water partition coefficient (Wildman–Crippen LogP) is 2.84. The molecule has 0 saturated heterocycles. The summed E-state index contributed by atoms with van der Waals surface area (Å²) in [4.78, 5) is 5.14. The minimum atomic E-state index is -4.67. The van der Waals surface area contributed by atoms with Gasteiger partial charge in [0, 0.05) is 19.5 Å². The molecule has 1 aliphatic rings. The van der Waals surface area contributed by atoms with Crippen LogP contribution in [0.25, 0.3) is 0 Å². The number of hydrogen-bond acceptors (Lipinski definition) is 4. The van der Waals surface area contributed by atoms with E-state index < -0.39 is 6.36 Å². The Hall–Kier alpha value is -1.76. The third-order valence-corrected chi connectivity index (χ3v) is 2.71. The molecule has 2 rings (SSSR count). The molecule has 0 radical (unpaired) electrons. The number of oxime groups is 1. The van der Waals surface area contributed by atoms with E-state index in [0.29, 0.717) is 18.7 Å². The summed E-state index contributed by atoms with van der Waals surface area (Å²) in [5, 5.41) is 6.95. The van der Waals surface area contributed by atoms with Crippen LogP contribution in [0.3, 0.4) is 0 Å². The fourth-order valence-electron chi connectivity index (χ4n) is 1.91. The summed E-state index contributed by atoms with van der Waals surface area (Å²) in [5.74, 6) is -0.215. The standard InChI is InChI=1S/C13H15F3N2O2/c1-9-5-12(20-18-9)8-17-7-10-3-2-4-11(6-10)19-13(14,15)16/h2-4,6,12,17H,5,7-8H2,1H3. The van der Waals surface area contributed by atoms with Crippen molar-refractivity contribution in [2.75, 3.05) is 6.54 Å². The molecule has 0 aromatic heterocycles. The molecule has 0 spiro atoms. The van der Waals surface area contributed by atoms with Crippen molar-refractivity contribution in [2.24, 2.45) is 5.16 Å². The van der Waals surface area contributed by atoms with Gasteiger partial charge in [-0.25, -0.2) is 0 Å². The molecular formula is C13H15F3N2O2. The number of hydrogen-bond donors (Lipinski definition) is 1. The van der Waals surface area contributed by atoms with Gasteiger partial charge in [-0.1, -0.05) is 17.3 Å². The maximum absolute atomic E-state index is 12.1. The smallest absolute Gasteiger partial charge is 0.406 e. The monoisotopic (exact) mass is 288 g/mol. The number of rotatable bonds is 5. The minimum absolute atomic E-state index is 0.00962. The van der Waals surface area contributed by atoms with Crippen molar-refractivity contribution in [3.05, 3.63) is 29.8 Å². The van der Waals surface area contributed by atoms with Crippen LogP contribution < -0.4 is 10.1 Å². The van der Waals surface area contributed by atoms with Crippen LogP contribution in [-0.2, 0) is 11.4 Å². The van der Waals surface area contributed by atoms with Crippen molar-refractivity contribution < 1.29 is 22.7 Å². The van der Waals surface area contributed by atoms with Crippen LogP contribution in [0.5, 0.6) is 5.75 Å². The lowest BCUT2D eigenvalue weighted by atomic mass is 10.2. The van der Waals surface area contributed by atoms with E-state index in [9.17, 15) is 13.2 Å². The van der Waals surface area contributed by atoms with Crippen molar-refractivity contribution in [2.45, 2.75) is 32.4 Å². The van der Waals surface area contributed by atoms with Gasteiger partial charge < -0.3 is 14.9 Å². The summed E-state index contributed by atoms with van der Waals surface area (Å²) in [6.45, 7) is 2.91. The lowest BCUT2D eigenvalue weighted by Gasteiger charge is -2.12. The lowest BCUT2D eigenvalue weighted by Crippen LogP contribution is -2.26. The largest absolute Gasteiger partial charge is 0.573 e. The van der Waals surface area contributed by atoms with Crippen LogP contribution in [0.4, 0.5) is 13.2 Å². The van der Waals surface area contributed by atoms with Crippen molar-refractivity contribution in [3.8, 4) is 5.75 Å². The molecule has 0 bridgehead atoms. The maximum atomic E-state index is 12.1. The molecule has 1 unspecified atom stereocenters. The second-order valence-electron chi connectivity index (χ2n) is 4.58. The van der Waals surface area contributed by atoms with Crippen molar-refractivity contribution in [1.82, 2.24) is 5.32 Å². The fraction of sp³-hybridized carbons (Fsp3) is 0.462. The molecule has 1 aliphatic heterocycles. The second-order valence-corrected chi connectivity index (χ2v) is 4.58. The Balaban J connectivity index is 1.79. The summed E-state index contributed by atoms with van der Waals surface area (Å²) in [6, 6.07) is 5.89. The second kappa shape index (κ2) is 6.13. The number of benzene rings is 1. The summed E-state index contributed by atoms with van der Waals surface area (Å²) < 4.78 is 40.2. The van der Waals surface area contributed by atoms with Crippen LogP contribution >= 0.6 is 0 Å². The third kappa shape index (κ3) is 4.73. The molecule has 1 aromatic carbocycles. The van der Waals surface area contributed by atoms with E-state index in [1.165, 1.54) is 18.2 Å². The molecular weight excluding hydrogens is 273 g/mol. The molecule has 1 aromatic rings. The van der Waals surface area contributed by atoms with E-state index in [2.05, 4.69) is 15.2 Å². The van der Waals surface area contributed by atoms with Gasteiger partial charge in [0.1, 0.15) is 11.9 Å².